The third-order valence-electron chi connectivity index (χ3n) is 10.0. The maximum absolute atomic E-state index is 13.2. The van der Waals surface area contributed by atoms with Crippen molar-refractivity contribution in [3.05, 3.63) is 36.1 Å². The van der Waals surface area contributed by atoms with Crippen molar-refractivity contribution >= 4 is 23.5 Å². The molecule has 0 aromatic carbocycles. The van der Waals surface area contributed by atoms with Crippen LogP contribution in [0.2, 0.25) is 0 Å². The molecule has 2 saturated heterocycles. The summed E-state index contributed by atoms with van der Waals surface area (Å²) in [7, 11) is 0. The smallest absolute Gasteiger partial charge is 0.407 e. The summed E-state index contributed by atoms with van der Waals surface area (Å²) in [4.78, 5) is 33.2. The predicted molar refractivity (Wildman–Crippen MR) is 177 cm³/mol. The molecule has 0 aromatic rings. The number of nitrogens with one attached hydrogen (secondary N) is 3. The number of aliphatic hydroxyl groups excluding tert-OH is 1. The molecule has 5 aliphatic rings. The third-order valence-corrected chi connectivity index (χ3v) is 10.0. The summed E-state index contributed by atoms with van der Waals surface area (Å²) >= 11 is 0. The number of hydrogen-bond donors (Lipinski definition) is 4. The zero-order valence-electron chi connectivity index (χ0n) is 28.5. The van der Waals surface area contributed by atoms with Crippen LogP contribution in [0.5, 0.6) is 0 Å². The van der Waals surface area contributed by atoms with E-state index >= 15 is 0 Å². The highest BCUT2D eigenvalue weighted by atomic mass is 16.6. The van der Waals surface area contributed by atoms with Gasteiger partial charge in [0.05, 0.1) is 47.3 Å². The molecule has 1 saturated carbocycles. The van der Waals surface area contributed by atoms with E-state index in [2.05, 4.69) is 17.2 Å². The van der Waals surface area contributed by atoms with Crippen LogP contribution in [0.1, 0.15) is 92.4 Å². The lowest BCUT2D eigenvalue weighted by Gasteiger charge is -2.40. The van der Waals surface area contributed by atoms with Crippen molar-refractivity contribution in [1.82, 2.24) is 15.5 Å². The standard InChI is InChI=1S/C35H53N5O7/c1-7-23-28-18-40(30(23)20(3)41)33(42)31(35(4,5)6)39-34(43)47-27-16-21(27)12-10-9-11-13-25-32(46-28)38-26-17-22(14-15-24(26)37-25)45-19-29(36)44-8-2/h8,17,21,23,27-28,30-33,36,38,42H,2,7,9-16,18-19H2,1,3-6H3,(H,39,43)/t21-,23-,27-,28+,30-,31-,32+,33+/m1/s1. The molecule has 5 rings (SSSR count). The van der Waals surface area contributed by atoms with Crippen LogP contribution < -0.4 is 10.6 Å². The maximum atomic E-state index is 13.2. The van der Waals surface area contributed by atoms with Gasteiger partial charge in [-0.15, -0.1) is 0 Å². The van der Waals surface area contributed by atoms with Gasteiger partial charge in [0, 0.05) is 25.0 Å². The predicted octanol–water partition coefficient (Wildman–Crippen LogP) is 4.90. The highest BCUT2D eigenvalue weighted by Crippen LogP contribution is 2.40. The zero-order chi connectivity index (χ0) is 33.9. The number of ether oxygens (including phenoxy) is 4. The molecule has 47 heavy (non-hydrogen) atoms. The Kier molecular flexibility index (Phi) is 11.1. The molecule has 9 atom stereocenters. The molecule has 0 aromatic heterocycles. The van der Waals surface area contributed by atoms with Crippen molar-refractivity contribution in [2.75, 3.05) is 13.2 Å². The molecule has 3 fully saturated rings. The number of hydrogen-bond acceptors (Lipinski definition) is 11. The van der Waals surface area contributed by atoms with Crippen molar-refractivity contribution < 1.29 is 33.6 Å². The number of nitrogens with zero attached hydrogens (tertiary/aromatic N) is 2. The monoisotopic (exact) mass is 655 g/mol. The lowest BCUT2D eigenvalue weighted by molar-refractivity contribution is -0.129. The van der Waals surface area contributed by atoms with E-state index in [4.69, 9.17) is 29.3 Å². The minimum Gasteiger partial charge on any atom is -0.488 e. The van der Waals surface area contributed by atoms with Crippen molar-refractivity contribution in [3.8, 4) is 0 Å². The number of carbonyl (C=O) groups is 2. The van der Waals surface area contributed by atoms with Crippen LogP contribution in [0, 0.1) is 22.7 Å². The molecule has 12 nitrogen and oxygen atoms in total. The third kappa shape index (κ3) is 8.45. The summed E-state index contributed by atoms with van der Waals surface area (Å²) in [6.07, 6.45) is 8.13. The Morgan fingerprint density at radius 3 is 2.70 bits per heavy atom. The van der Waals surface area contributed by atoms with Gasteiger partial charge in [0.25, 0.3) is 0 Å². The second kappa shape index (κ2) is 14.9. The molecule has 0 spiro atoms. The van der Waals surface area contributed by atoms with Crippen LogP contribution in [0.4, 0.5) is 4.79 Å². The molecule has 4 N–H and O–H groups in total. The first kappa shape index (κ1) is 35.1. The van der Waals surface area contributed by atoms with Gasteiger partial charge in [0.2, 0.25) is 5.90 Å². The van der Waals surface area contributed by atoms with Crippen LogP contribution in [-0.4, -0.2) is 83.4 Å². The summed E-state index contributed by atoms with van der Waals surface area (Å²) in [5, 5.41) is 26.3. The fraction of sp³-hybridized carbons (Fsp3) is 0.714. The summed E-state index contributed by atoms with van der Waals surface area (Å²) in [5.41, 5.74) is 2.18. The van der Waals surface area contributed by atoms with E-state index in [1.54, 1.807) is 11.8 Å². The average Bonchev–Trinajstić information content (AvgIpc) is 3.63. The number of amides is 1. The number of fused-ring (bicyclic) bond motifs is 4. The molecule has 260 valence electrons. The van der Waals surface area contributed by atoms with Gasteiger partial charge in [-0.3, -0.25) is 20.1 Å². The minimum absolute atomic E-state index is 0.00348. The van der Waals surface area contributed by atoms with Crippen LogP contribution in [0.15, 0.2) is 41.1 Å². The second-order valence-electron chi connectivity index (χ2n) is 14.5. The first-order valence-corrected chi connectivity index (χ1v) is 17.2. The van der Waals surface area contributed by atoms with E-state index in [1.165, 1.54) is 6.26 Å². The SMILES string of the molecule is C=COC(=N)COC1=CC2=C(CC1)N=C1CCCCC[C@@H]3C[C@H]3OC(=O)N[C@@H](C(C)(C)C)[C@H](O)N3C[C@H](O[C@@H]1N2)[C@@H](CC)[C@H]3C(C)=O. The Balaban J connectivity index is 1.42. The highest BCUT2D eigenvalue weighted by Gasteiger charge is 2.51. The molecule has 2 bridgehead atoms. The number of carbonyl (C=O) groups excluding carboxylic acids is 2. The van der Waals surface area contributed by atoms with Crippen molar-refractivity contribution in [3.63, 3.8) is 0 Å². The van der Waals surface area contributed by atoms with E-state index in [-0.39, 0.29) is 36.4 Å². The zero-order valence-corrected chi connectivity index (χ0v) is 28.5. The molecule has 0 radical (unpaired) electrons. The molecular weight excluding hydrogens is 602 g/mol. The van der Waals surface area contributed by atoms with Gasteiger partial charge in [0.1, 0.15) is 18.1 Å². The van der Waals surface area contributed by atoms with Gasteiger partial charge in [-0.1, -0.05) is 47.1 Å². The number of rotatable bonds is 6. The lowest BCUT2D eigenvalue weighted by Crippen LogP contribution is -2.59. The van der Waals surface area contributed by atoms with Gasteiger partial charge in [-0.25, -0.2) is 4.79 Å². The summed E-state index contributed by atoms with van der Waals surface area (Å²) < 4.78 is 23.5. The Morgan fingerprint density at radius 2 is 2.00 bits per heavy atom. The van der Waals surface area contributed by atoms with Crippen LogP contribution in [0.25, 0.3) is 0 Å². The first-order chi connectivity index (χ1) is 22.4. The molecule has 1 unspecified atom stereocenters. The number of aliphatic imine (C=N–C) groups is 1. The van der Waals surface area contributed by atoms with Crippen LogP contribution in [-0.2, 0) is 23.7 Å². The van der Waals surface area contributed by atoms with Crippen molar-refractivity contribution in [1.29, 1.82) is 5.41 Å². The minimum atomic E-state index is -1.14. The van der Waals surface area contributed by atoms with Gasteiger partial charge >= 0.3 is 6.09 Å². The number of Topliss-reactive ketones (excluding diaryl/α,β-unsaturated/α-hetero) is 1. The van der Waals surface area contributed by atoms with E-state index in [1.807, 2.05) is 33.8 Å². The Hall–Kier alpha value is -3.22. The molecule has 3 aliphatic heterocycles. The molecule has 12 heteroatoms. The quantitative estimate of drug-likeness (QED) is 0.178. The summed E-state index contributed by atoms with van der Waals surface area (Å²) in [6, 6.07) is -1.27. The van der Waals surface area contributed by atoms with Gasteiger partial charge < -0.3 is 34.7 Å². The fourth-order valence-electron chi connectivity index (χ4n) is 7.40. The molecule has 2 aliphatic carbocycles. The first-order valence-electron chi connectivity index (χ1n) is 17.2. The summed E-state index contributed by atoms with van der Waals surface area (Å²) in [6.45, 7) is 13.3. The largest absolute Gasteiger partial charge is 0.488 e. The molecular formula is C35H53N5O7. The topological polar surface area (TPSA) is 155 Å². The van der Waals surface area contributed by atoms with Gasteiger partial charge in [-0.05, 0) is 56.8 Å². The Labute approximate surface area is 278 Å². The summed E-state index contributed by atoms with van der Waals surface area (Å²) in [5.74, 6) is 0.825. The van der Waals surface area contributed by atoms with Gasteiger partial charge in [-0.2, -0.15) is 0 Å². The Bertz CT molecular complexity index is 1300. The lowest BCUT2D eigenvalue weighted by atomic mass is 9.84. The number of ketones is 1. The fourth-order valence-corrected chi connectivity index (χ4v) is 7.40. The van der Waals surface area contributed by atoms with E-state index in [9.17, 15) is 14.7 Å². The normalized spacial score (nSPS) is 34.7. The van der Waals surface area contributed by atoms with E-state index in [0.29, 0.717) is 31.7 Å². The van der Waals surface area contributed by atoms with Crippen LogP contribution >= 0.6 is 0 Å². The molecule has 3 heterocycles. The number of alkyl carbamates (subject to hydrolysis) is 1. The van der Waals surface area contributed by atoms with Gasteiger partial charge in [0.15, 0.2) is 12.8 Å². The average molecular weight is 656 g/mol. The molecule has 1 amide bonds. The van der Waals surface area contributed by atoms with E-state index in [0.717, 1.165) is 61.4 Å². The highest BCUT2D eigenvalue weighted by molar-refractivity contribution is 5.90. The second-order valence-corrected chi connectivity index (χ2v) is 14.5. The maximum Gasteiger partial charge on any atom is 0.407 e. The Morgan fingerprint density at radius 1 is 1.21 bits per heavy atom. The van der Waals surface area contributed by atoms with Crippen molar-refractivity contribution in [2.45, 2.75) is 129 Å². The number of allylic oxidation sites excluding steroid dienone is 3. The van der Waals surface area contributed by atoms with Crippen LogP contribution in [0.3, 0.4) is 0 Å². The van der Waals surface area contributed by atoms with E-state index < -0.39 is 36.0 Å². The number of aliphatic hydroxyl groups is 1. The van der Waals surface area contributed by atoms with Crippen molar-refractivity contribution in [2.24, 2.45) is 22.2 Å².